The molecular weight excluding hydrogens is 531 g/mol. The number of carbonyl (C=O) groups is 2. The van der Waals surface area contributed by atoms with E-state index in [0.717, 1.165) is 11.1 Å². The summed E-state index contributed by atoms with van der Waals surface area (Å²) < 4.78 is 6.10. The number of nitrogens with one attached hydrogen (secondary N) is 1. The zero-order chi connectivity index (χ0) is 28.8. The summed E-state index contributed by atoms with van der Waals surface area (Å²) >= 11 is 12.6. The number of para-hydroxylation sites is 1. The third kappa shape index (κ3) is 9.01. The molecule has 0 aliphatic rings. The number of carbonyl (C=O) groups excluding carboxylic acids is 2. The summed E-state index contributed by atoms with van der Waals surface area (Å²) in [6.07, 6.45) is 0.332. The molecule has 39 heavy (non-hydrogen) atoms. The Balaban J connectivity index is 1.99. The first-order valence-electron chi connectivity index (χ1n) is 13.1. The van der Waals surface area contributed by atoms with Crippen molar-refractivity contribution in [2.75, 3.05) is 6.61 Å². The molecule has 0 saturated carbocycles. The van der Waals surface area contributed by atoms with Crippen molar-refractivity contribution < 1.29 is 14.3 Å². The van der Waals surface area contributed by atoms with Gasteiger partial charge in [-0.2, -0.15) is 0 Å². The van der Waals surface area contributed by atoms with Crippen molar-refractivity contribution in [2.45, 2.75) is 71.5 Å². The Kier molecular flexibility index (Phi) is 10.1. The second-order valence-electron chi connectivity index (χ2n) is 11.7. The van der Waals surface area contributed by atoms with E-state index in [1.165, 1.54) is 0 Å². The van der Waals surface area contributed by atoms with E-state index in [4.69, 9.17) is 27.9 Å². The van der Waals surface area contributed by atoms with Crippen molar-refractivity contribution in [3.05, 3.63) is 99.5 Å². The van der Waals surface area contributed by atoms with Crippen molar-refractivity contribution in [2.24, 2.45) is 0 Å². The van der Waals surface area contributed by atoms with Gasteiger partial charge in [-0.1, -0.05) is 98.6 Å². The number of rotatable bonds is 9. The molecule has 1 atom stereocenters. The quantitative estimate of drug-likeness (QED) is 0.296. The lowest BCUT2D eigenvalue weighted by molar-refractivity contribution is -0.143. The average Bonchev–Trinajstić information content (AvgIpc) is 2.85. The van der Waals surface area contributed by atoms with Crippen LogP contribution in [0.3, 0.4) is 0 Å². The Morgan fingerprint density at radius 1 is 0.897 bits per heavy atom. The molecule has 0 aliphatic heterocycles. The van der Waals surface area contributed by atoms with E-state index in [1.807, 2.05) is 75.4 Å². The molecule has 0 aliphatic carbocycles. The first kappa shape index (κ1) is 30.5. The molecule has 208 valence electrons. The zero-order valence-electron chi connectivity index (χ0n) is 23.6. The van der Waals surface area contributed by atoms with Crippen molar-refractivity contribution in [1.29, 1.82) is 0 Å². The minimum absolute atomic E-state index is 0.119. The van der Waals surface area contributed by atoms with E-state index in [9.17, 15) is 9.59 Å². The first-order valence-corrected chi connectivity index (χ1v) is 13.8. The monoisotopic (exact) mass is 568 g/mol. The Bertz CT molecular complexity index is 1280. The van der Waals surface area contributed by atoms with Gasteiger partial charge >= 0.3 is 0 Å². The second-order valence-corrected chi connectivity index (χ2v) is 12.6. The SMILES string of the molecule is CC(C)(C)NC(=O)C(Cc1ccccc1)N(Cc1ccc(Cl)cc1Cl)C(=O)COc1ccccc1C(C)(C)C. The fourth-order valence-corrected chi connectivity index (χ4v) is 4.74. The number of benzene rings is 3. The van der Waals surface area contributed by atoms with Crippen LogP contribution in [0.5, 0.6) is 5.75 Å². The third-order valence-corrected chi connectivity index (χ3v) is 6.76. The predicted molar refractivity (Wildman–Crippen MR) is 159 cm³/mol. The molecule has 3 rings (SSSR count). The van der Waals surface area contributed by atoms with E-state index in [2.05, 4.69) is 26.1 Å². The van der Waals surface area contributed by atoms with Crippen LogP contribution < -0.4 is 10.1 Å². The molecule has 0 radical (unpaired) electrons. The van der Waals surface area contributed by atoms with Crippen LogP contribution in [0, 0.1) is 0 Å². The van der Waals surface area contributed by atoms with Crippen molar-refractivity contribution >= 4 is 35.0 Å². The lowest BCUT2D eigenvalue weighted by Gasteiger charge is -2.34. The van der Waals surface area contributed by atoms with Gasteiger partial charge in [-0.3, -0.25) is 9.59 Å². The molecule has 0 aromatic heterocycles. The summed E-state index contributed by atoms with van der Waals surface area (Å²) in [5.41, 5.74) is 1.97. The lowest BCUT2D eigenvalue weighted by Crippen LogP contribution is -2.55. The van der Waals surface area contributed by atoms with Crippen molar-refractivity contribution in [1.82, 2.24) is 10.2 Å². The average molecular weight is 570 g/mol. The smallest absolute Gasteiger partial charge is 0.261 e. The number of halogens is 2. The van der Waals surface area contributed by atoms with E-state index in [0.29, 0.717) is 27.8 Å². The molecule has 1 N–H and O–H groups in total. The van der Waals surface area contributed by atoms with Crippen LogP contribution in [-0.2, 0) is 28.0 Å². The van der Waals surface area contributed by atoms with Gasteiger partial charge in [0.15, 0.2) is 6.61 Å². The molecule has 3 aromatic rings. The summed E-state index contributed by atoms with van der Waals surface area (Å²) in [7, 11) is 0. The maximum atomic E-state index is 13.9. The van der Waals surface area contributed by atoms with E-state index in [-0.39, 0.29) is 30.4 Å². The van der Waals surface area contributed by atoms with E-state index < -0.39 is 11.6 Å². The number of hydrogen-bond donors (Lipinski definition) is 1. The summed E-state index contributed by atoms with van der Waals surface area (Å²) in [5.74, 6) is 0.0659. The van der Waals surface area contributed by atoms with Gasteiger partial charge in [-0.25, -0.2) is 0 Å². The molecule has 0 bridgehead atoms. The van der Waals surface area contributed by atoms with Crippen LogP contribution in [0.2, 0.25) is 10.0 Å². The predicted octanol–water partition coefficient (Wildman–Crippen LogP) is 7.22. The fourth-order valence-electron chi connectivity index (χ4n) is 4.27. The fraction of sp³-hybridized carbons (Fsp3) is 0.375. The highest BCUT2D eigenvalue weighted by Gasteiger charge is 2.33. The molecule has 7 heteroatoms. The number of ether oxygens (including phenoxy) is 1. The van der Waals surface area contributed by atoms with Gasteiger partial charge in [0, 0.05) is 28.5 Å². The molecule has 0 spiro atoms. The molecule has 1 unspecified atom stereocenters. The molecule has 3 aromatic carbocycles. The zero-order valence-corrected chi connectivity index (χ0v) is 25.1. The second kappa shape index (κ2) is 12.9. The van der Waals surface area contributed by atoms with Crippen LogP contribution in [0.4, 0.5) is 0 Å². The number of nitrogens with zero attached hydrogens (tertiary/aromatic N) is 1. The van der Waals surface area contributed by atoms with Crippen LogP contribution in [0.25, 0.3) is 0 Å². The maximum Gasteiger partial charge on any atom is 0.261 e. The van der Waals surface area contributed by atoms with Gasteiger partial charge in [0.1, 0.15) is 11.8 Å². The third-order valence-electron chi connectivity index (χ3n) is 6.17. The Morgan fingerprint density at radius 2 is 1.54 bits per heavy atom. The summed E-state index contributed by atoms with van der Waals surface area (Å²) in [5, 5.41) is 3.98. The molecule has 5 nitrogen and oxygen atoms in total. The van der Waals surface area contributed by atoms with Gasteiger partial charge in [0.05, 0.1) is 0 Å². The summed E-state index contributed by atoms with van der Waals surface area (Å²) in [6.45, 7) is 11.9. The van der Waals surface area contributed by atoms with Gasteiger partial charge in [0.25, 0.3) is 5.91 Å². The van der Waals surface area contributed by atoms with Gasteiger partial charge in [-0.05, 0) is 61.1 Å². The normalized spacial score (nSPS) is 12.5. The van der Waals surface area contributed by atoms with Crippen LogP contribution in [-0.4, -0.2) is 34.9 Å². The Labute approximate surface area is 242 Å². The van der Waals surface area contributed by atoms with E-state index >= 15 is 0 Å². The largest absolute Gasteiger partial charge is 0.483 e. The molecule has 2 amide bonds. The molecule has 0 heterocycles. The maximum absolute atomic E-state index is 13.9. The van der Waals surface area contributed by atoms with Crippen LogP contribution in [0.1, 0.15) is 58.2 Å². The van der Waals surface area contributed by atoms with Crippen molar-refractivity contribution in [3.8, 4) is 5.75 Å². The molecule has 0 saturated heterocycles. The Hall–Kier alpha value is -3.02. The highest BCUT2D eigenvalue weighted by atomic mass is 35.5. The van der Waals surface area contributed by atoms with Crippen molar-refractivity contribution in [3.63, 3.8) is 0 Å². The first-order chi connectivity index (χ1) is 18.2. The Morgan fingerprint density at radius 3 is 2.15 bits per heavy atom. The van der Waals surface area contributed by atoms with Crippen LogP contribution in [0.15, 0.2) is 72.8 Å². The van der Waals surface area contributed by atoms with Gasteiger partial charge in [0.2, 0.25) is 5.91 Å². The van der Waals surface area contributed by atoms with Gasteiger partial charge < -0.3 is 15.0 Å². The highest BCUT2D eigenvalue weighted by Crippen LogP contribution is 2.31. The minimum atomic E-state index is -0.799. The highest BCUT2D eigenvalue weighted by molar-refractivity contribution is 6.35. The van der Waals surface area contributed by atoms with Gasteiger partial charge in [-0.15, -0.1) is 0 Å². The summed E-state index contributed by atoms with van der Waals surface area (Å²) in [6, 6.07) is 21.7. The number of amides is 2. The lowest BCUT2D eigenvalue weighted by atomic mass is 9.86. The standard InChI is InChI=1S/C32H38Cl2N2O3/c1-31(2,3)25-14-10-11-15-28(25)39-21-29(37)36(20-23-16-17-24(33)19-26(23)34)27(30(38)35-32(4,5)6)18-22-12-8-7-9-13-22/h7-17,19,27H,18,20-21H2,1-6H3,(H,35,38). The summed E-state index contributed by atoms with van der Waals surface area (Å²) in [4.78, 5) is 29.2. The van der Waals surface area contributed by atoms with E-state index in [1.54, 1.807) is 23.1 Å². The molecule has 0 fully saturated rings. The minimum Gasteiger partial charge on any atom is -0.483 e. The topological polar surface area (TPSA) is 58.6 Å². The molecular formula is C32H38Cl2N2O3. The van der Waals surface area contributed by atoms with Crippen LogP contribution >= 0.6 is 23.2 Å². The number of hydrogen-bond acceptors (Lipinski definition) is 3.